The minimum Gasteiger partial charge on any atom is -0.358 e. The summed E-state index contributed by atoms with van der Waals surface area (Å²) >= 11 is 0. The molecule has 216 valence electrons. The molecule has 0 amide bonds. The number of aromatic nitrogens is 2. The third-order valence-corrected chi connectivity index (χ3v) is 8.11. The monoisotopic (exact) mass is 598 g/mol. The number of pyridine rings is 1. The van der Waals surface area contributed by atoms with Crippen LogP contribution in [0.3, 0.4) is 0 Å². The third-order valence-electron chi connectivity index (χ3n) is 7.72. The van der Waals surface area contributed by atoms with E-state index >= 15 is 0 Å². The van der Waals surface area contributed by atoms with Gasteiger partial charge in [0.25, 0.3) is 0 Å². The van der Waals surface area contributed by atoms with Crippen molar-refractivity contribution < 1.29 is 29.7 Å². The van der Waals surface area contributed by atoms with Crippen molar-refractivity contribution >= 4 is 43.3 Å². The first-order valence-electron chi connectivity index (χ1n) is 12.9. The maximum absolute atomic E-state index is 14.5. The van der Waals surface area contributed by atoms with Crippen LogP contribution in [0.15, 0.2) is 59.4 Å². The van der Waals surface area contributed by atoms with Gasteiger partial charge < -0.3 is 18.6 Å². The molecule has 3 aromatic carbocycles. The van der Waals surface area contributed by atoms with Crippen molar-refractivity contribution in [2.75, 3.05) is 20.1 Å². The fourth-order valence-electron chi connectivity index (χ4n) is 5.82. The van der Waals surface area contributed by atoms with Gasteiger partial charge >= 0.3 is 16.7 Å². The lowest BCUT2D eigenvalue weighted by molar-refractivity contribution is -0.137. The van der Waals surface area contributed by atoms with Crippen molar-refractivity contribution in [2.45, 2.75) is 25.1 Å². The number of aromatic amines is 1. The number of nitriles is 1. The summed E-state index contributed by atoms with van der Waals surface area (Å²) in [5.74, 6) is -0.504. The topological polar surface area (TPSA) is 108 Å². The van der Waals surface area contributed by atoms with E-state index in [9.17, 15) is 35.5 Å². The van der Waals surface area contributed by atoms with Crippen LogP contribution >= 0.6 is 0 Å². The Hall–Kier alpha value is -4.41. The van der Waals surface area contributed by atoms with Crippen molar-refractivity contribution in [3.05, 3.63) is 75.9 Å². The van der Waals surface area contributed by atoms with E-state index in [4.69, 9.17) is 0 Å². The SMILES string of the molecule is CN1CCC(n2c3cc(-c4cccc(OS(=O)(=O)F)c4)c(C(F)(F)F)cc3c(=O)c3c4ccc(C#N)cc4[nH]c32)CC1. The van der Waals surface area contributed by atoms with E-state index in [-0.39, 0.29) is 33.5 Å². The number of nitrogens with one attached hydrogen (secondary N) is 1. The average molecular weight is 599 g/mol. The number of hydrogen-bond acceptors (Lipinski definition) is 6. The molecule has 0 atom stereocenters. The Morgan fingerprint density at radius 2 is 1.79 bits per heavy atom. The van der Waals surface area contributed by atoms with Crippen molar-refractivity contribution in [1.29, 1.82) is 5.26 Å². The fraction of sp³-hybridized carbons (Fsp3) is 0.241. The first-order chi connectivity index (χ1) is 19.8. The van der Waals surface area contributed by atoms with Gasteiger partial charge in [-0.25, -0.2) is 0 Å². The Morgan fingerprint density at radius 1 is 1.05 bits per heavy atom. The smallest absolute Gasteiger partial charge is 0.358 e. The van der Waals surface area contributed by atoms with Gasteiger partial charge in [0.1, 0.15) is 11.4 Å². The molecule has 0 spiro atoms. The molecule has 0 radical (unpaired) electrons. The average Bonchev–Trinajstić information content (AvgIpc) is 3.30. The molecule has 8 nitrogen and oxygen atoms in total. The van der Waals surface area contributed by atoms with E-state index < -0.39 is 33.4 Å². The lowest BCUT2D eigenvalue weighted by atomic mass is 9.95. The van der Waals surface area contributed by atoms with Crippen molar-refractivity contribution in [2.24, 2.45) is 0 Å². The molecule has 1 aliphatic heterocycles. The molecule has 2 aromatic heterocycles. The van der Waals surface area contributed by atoms with Gasteiger partial charge in [0, 0.05) is 22.3 Å². The molecule has 1 aliphatic rings. The Kier molecular flexibility index (Phi) is 6.51. The van der Waals surface area contributed by atoms with Gasteiger partial charge in [0.2, 0.25) is 0 Å². The Balaban J connectivity index is 1.73. The minimum atomic E-state index is -5.42. The van der Waals surface area contributed by atoms with Crippen LogP contribution in [0.2, 0.25) is 0 Å². The summed E-state index contributed by atoms with van der Waals surface area (Å²) in [6.45, 7) is 1.45. The van der Waals surface area contributed by atoms with Gasteiger partial charge in [-0.2, -0.15) is 26.9 Å². The van der Waals surface area contributed by atoms with Gasteiger partial charge in [0.05, 0.1) is 28.1 Å². The van der Waals surface area contributed by atoms with Gasteiger partial charge in [0.15, 0.2) is 5.43 Å². The quantitative estimate of drug-likeness (QED) is 0.199. The van der Waals surface area contributed by atoms with Gasteiger partial charge in [-0.3, -0.25) is 4.79 Å². The van der Waals surface area contributed by atoms with Crippen molar-refractivity contribution in [1.82, 2.24) is 14.5 Å². The van der Waals surface area contributed by atoms with Crippen molar-refractivity contribution in [3.8, 4) is 22.9 Å². The molecule has 0 saturated carbocycles. The molecule has 1 N–H and O–H groups in total. The van der Waals surface area contributed by atoms with E-state index in [1.165, 1.54) is 18.2 Å². The number of hydrogen-bond donors (Lipinski definition) is 1. The summed E-state index contributed by atoms with van der Waals surface area (Å²) in [5.41, 5.74) is -0.586. The molecule has 3 heterocycles. The number of benzene rings is 3. The van der Waals surface area contributed by atoms with Crippen LogP contribution in [-0.4, -0.2) is 43.0 Å². The Morgan fingerprint density at radius 3 is 2.45 bits per heavy atom. The van der Waals surface area contributed by atoms with Crippen LogP contribution in [0.4, 0.5) is 17.1 Å². The van der Waals surface area contributed by atoms with Crippen LogP contribution in [0.5, 0.6) is 5.75 Å². The molecule has 0 aliphatic carbocycles. The second-order valence-corrected chi connectivity index (χ2v) is 11.3. The summed E-state index contributed by atoms with van der Waals surface area (Å²) in [6, 6.07) is 13.4. The standard InChI is InChI=1S/C29H22F4N4O4S/c1-36-9-7-18(8-10-36)37-25-14-21(17-3-2-4-19(12-17)41-42(33,39)40)23(29(30,31)32)13-22(25)27(38)26-20-6-5-16(15-34)11-24(20)35-28(26)37/h2-6,11-14,18,35H,7-10H2,1H3. The molecule has 6 rings (SSSR count). The first-order valence-corrected chi connectivity index (χ1v) is 14.2. The zero-order valence-electron chi connectivity index (χ0n) is 22.0. The summed E-state index contributed by atoms with van der Waals surface area (Å²) < 4.78 is 85.0. The van der Waals surface area contributed by atoms with Crippen LogP contribution in [0.1, 0.15) is 30.0 Å². The van der Waals surface area contributed by atoms with E-state index in [0.717, 1.165) is 31.3 Å². The molecule has 13 heteroatoms. The molecule has 42 heavy (non-hydrogen) atoms. The van der Waals surface area contributed by atoms with Crippen LogP contribution in [-0.2, 0) is 16.7 Å². The lowest BCUT2D eigenvalue weighted by Gasteiger charge is -2.32. The second-order valence-electron chi connectivity index (χ2n) is 10.4. The predicted octanol–water partition coefficient (Wildman–Crippen LogP) is 6.05. The zero-order chi connectivity index (χ0) is 30.0. The first kappa shape index (κ1) is 27.7. The largest absolute Gasteiger partial charge is 0.488 e. The molecular weight excluding hydrogens is 576 g/mol. The van der Waals surface area contributed by atoms with E-state index in [1.807, 2.05) is 11.6 Å². The van der Waals surface area contributed by atoms with Gasteiger partial charge in [-0.15, -0.1) is 0 Å². The van der Waals surface area contributed by atoms with Gasteiger partial charge in [-0.05, 0) is 80.5 Å². The normalized spacial score (nSPS) is 15.4. The molecule has 1 fully saturated rings. The van der Waals surface area contributed by atoms with Crippen molar-refractivity contribution in [3.63, 3.8) is 0 Å². The number of H-pyrrole nitrogens is 1. The zero-order valence-corrected chi connectivity index (χ0v) is 22.8. The maximum Gasteiger partial charge on any atom is 0.488 e. The minimum absolute atomic E-state index is 0.0804. The second kappa shape index (κ2) is 9.85. The number of likely N-dealkylation sites (tertiary alicyclic amines) is 1. The maximum atomic E-state index is 14.5. The third kappa shape index (κ3) is 4.86. The molecule has 0 unspecified atom stereocenters. The number of nitrogens with zero attached hydrogens (tertiary/aromatic N) is 3. The number of halogens is 4. The summed E-state index contributed by atoms with van der Waals surface area (Å²) in [5, 5.41) is 9.97. The lowest BCUT2D eigenvalue weighted by Crippen LogP contribution is -2.32. The van der Waals surface area contributed by atoms with E-state index in [0.29, 0.717) is 35.0 Å². The van der Waals surface area contributed by atoms with Crippen LogP contribution in [0.25, 0.3) is 44.0 Å². The summed E-state index contributed by atoms with van der Waals surface area (Å²) in [7, 11) is -3.44. The molecule has 5 aromatic rings. The van der Waals surface area contributed by atoms with E-state index in [2.05, 4.69) is 20.1 Å². The van der Waals surface area contributed by atoms with Crippen LogP contribution < -0.4 is 9.61 Å². The highest BCUT2D eigenvalue weighted by atomic mass is 32.3. The molecule has 0 bridgehead atoms. The number of rotatable bonds is 4. The molecular formula is C29H22F4N4O4S. The number of alkyl halides is 3. The predicted molar refractivity (Wildman–Crippen MR) is 149 cm³/mol. The fourth-order valence-corrected chi connectivity index (χ4v) is 6.16. The summed E-state index contributed by atoms with van der Waals surface area (Å²) in [4.78, 5) is 19.3. The highest BCUT2D eigenvalue weighted by Crippen LogP contribution is 2.42. The van der Waals surface area contributed by atoms with Gasteiger partial charge in [-0.1, -0.05) is 22.1 Å². The highest BCUT2D eigenvalue weighted by Gasteiger charge is 2.36. The summed E-state index contributed by atoms with van der Waals surface area (Å²) in [6.07, 6.45) is -3.57. The Labute approximate surface area is 236 Å². The number of fused-ring (bicyclic) bond motifs is 4. The number of piperidine rings is 1. The highest BCUT2D eigenvalue weighted by molar-refractivity contribution is 7.81. The Bertz CT molecular complexity index is 2100. The van der Waals surface area contributed by atoms with E-state index in [1.54, 1.807) is 18.2 Å². The molecule has 1 saturated heterocycles. The van der Waals surface area contributed by atoms with Crippen LogP contribution in [0, 0.1) is 11.3 Å².